The Kier molecular flexibility index (Phi) is 17.4. The van der Waals surface area contributed by atoms with Gasteiger partial charge >= 0.3 is 6.09 Å². The van der Waals surface area contributed by atoms with E-state index in [9.17, 15) is 4.79 Å². The fourth-order valence-corrected chi connectivity index (χ4v) is 2.79. The van der Waals surface area contributed by atoms with Crippen molar-refractivity contribution in [3.63, 3.8) is 0 Å². The molecule has 0 bridgehead atoms. The largest absolute Gasteiger partial charge is 1.00 e. The first-order valence-electron chi connectivity index (χ1n) is 8.83. The van der Waals surface area contributed by atoms with Crippen molar-refractivity contribution in [3.05, 3.63) is 0 Å². The number of hydrogen-bond donors (Lipinski definition) is 1. The molecule has 0 rings (SSSR count). The molecule has 0 aromatic heterocycles. The number of unbranched alkanes of at least 4 members (excludes halogenated alkanes) is 3. The quantitative estimate of drug-likeness (QED) is 0.270. The Hall–Kier alpha value is -0.0400. The van der Waals surface area contributed by atoms with Gasteiger partial charge < -0.3 is 38.5 Å². The van der Waals surface area contributed by atoms with E-state index in [0.29, 0.717) is 6.61 Å². The van der Waals surface area contributed by atoms with Gasteiger partial charge in [-0.15, -0.1) is 0 Å². The number of hydrogen-bond acceptors (Lipinski definition) is 2. The minimum Gasteiger partial charge on any atom is -1.00 e. The molecule has 0 atom stereocenters. The van der Waals surface area contributed by atoms with Gasteiger partial charge in [0, 0.05) is 13.5 Å². The van der Waals surface area contributed by atoms with Crippen LogP contribution < -0.4 is 29.3 Å². The Labute approximate surface area is 155 Å². The number of rotatable bonds is 13. The molecule has 0 saturated carbocycles. The van der Waals surface area contributed by atoms with Crippen LogP contribution in [0, 0.1) is 0 Å². The monoisotopic (exact) mass is 428 g/mol. The molecule has 0 aliphatic carbocycles. The van der Waals surface area contributed by atoms with E-state index in [-0.39, 0.29) is 30.1 Å². The molecule has 0 aliphatic rings. The summed E-state index contributed by atoms with van der Waals surface area (Å²) in [5.41, 5.74) is 0. The first kappa shape index (κ1) is 24.2. The highest BCUT2D eigenvalue weighted by atomic mass is 127. The highest BCUT2D eigenvalue weighted by molar-refractivity contribution is 5.66. The maximum Gasteiger partial charge on any atom is 0.406 e. The van der Waals surface area contributed by atoms with Crippen LogP contribution >= 0.6 is 0 Å². The summed E-state index contributed by atoms with van der Waals surface area (Å²) >= 11 is 0. The maximum absolute atomic E-state index is 11.1. The molecule has 0 fully saturated rings. The summed E-state index contributed by atoms with van der Waals surface area (Å²) in [4.78, 5) is 11.1. The molecule has 4 nitrogen and oxygen atoms in total. The molecule has 1 amide bonds. The summed E-state index contributed by atoms with van der Waals surface area (Å²) in [5.74, 6) is 0. The average Bonchev–Trinajstić information content (AvgIpc) is 2.52. The van der Waals surface area contributed by atoms with Gasteiger partial charge in [-0.1, -0.05) is 40.0 Å². The van der Waals surface area contributed by atoms with Gasteiger partial charge in [-0.3, -0.25) is 0 Å². The lowest BCUT2D eigenvalue weighted by Gasteiger charge is -2.39. The summed E-state index contributed by atoms with van der Waals surface area (Å²) < 4.78 is 6.35. The van der Waals surface area contributed by atoms with Crippen LogP contribution in [0.25, 0.3) is 0 Å². The van der Waals surface area contributed by atoms with Crippen molar-refractivity contribution in [3.8, 4) is 0 Å². The molecule has 0 aliphatic heterocycles. The van der Waals surface area contributed by atoms with Crippen LogP contribution in [0.2, 0.25) is 0 Å². The summed E-state index contributed by atoms with van der Waals surface area (Å²) in [7, 11) is 1.60. The number of carbonyl (C=O) groups excluding carboxylic acids is 1. The fourth-order valence-electron chi connectivity index (χ4n) is 2.79. The van der Waals surface area contributed by atoms with Gasteiger partial charge in [0.2, 0.25) is 0 Å². The van der Waals surface area contributed by atoms with Crippen molar-refractivity contribution in [1.29, 1.82) is 0 Å². The second-order valence-electron chi connectivity index (χ2n) is 6.04. The average molecular weight is 428 g/mol. The van der Waals surface area contributed by atoms with Gasteiger partial charge in [0.15, 0.2) is 0 Å². The zero-order valence-corrected chi connectivity index (χ0v) is 17.3. The number of amides is 1. The van der Waals surface area contributed by atoms with Crippen LogP contribution in [0.4, 0.5) is 4.79 Å². The Morgan fingerprint density at radius 2 is 1.27 bits per heavy atom. The number of ether oxygens (including phenoxy) is 1. The number of nitrogens with zero attached hydrogens (tertiary/aromatic N) is 1. The van der Waals surface area contributed by atoms with Gasteiger partial charge in [-0.25, -0.2) is 4.79 Å². The fraction of sp³-hybridized carbons (Fsp3) is 0.941. The second kappa shape index (κ2) is 15.8. The van der Waals surface area contributed by atoms with E-state index in [1.54, 1.807) is 7.05 Å². The van der Waals surface area contributed by atoms with Gasteiger partial charge in [0.1, 0.15) is 0 Å². The van der Waals surface area contributed by atoms with Crippen LogP contribution in [0.15, 0.2) is 0 Å². The van der Waals surface area contributed by atoms with Crippen molar-refractivity contribution in [2.24, 2.45) is 0 Å². The van der Waals surface area contributed by atoms with Crippen LogP contribution in [-0.2, 0) is 4.74 Å². The summed E-state index contributed by atoms with van der Waals surface area (Å²) in [6.45, 7) is 12.3. The standard InChI is InChI=1S/C17H36N2O2.HI/c1-5-8-12-19(13-9-6-2,14-10-7-3)15-11-16-21-17(20)18-4;/h5-16H2,1-4H3;1H. The molecule has 0 heterocycles. The Morgan fingerprint density at radius 3 is 1.64 bits per heavy atom. The van der Waals surface area contributed by atoms with E-state index in [0.717, 1.165) is 13.0 Å². The minimum absolute atomic E-state index is 0. The smallest absolute Gasteiger partial charge is 0.406 e. The summed E-state index contributed by atoms with van der Waals surface area (Å²) in [6, 6.07) is 0. The molecule has 0 radical (unpaired) electrons. The van der Waals surface area contributed by atoms with Gasteiger partial charge in [0.05, 0.1) is 32.8 Å². The first-order valence-corrected chi connectivity index (χ1v) is 8.83. The van der Waals surface area contributed by atoms with Crippen molar-refractivity contribution in [2.75, 3.05) is 39.8 Å². The lowest BCUT2D eigenvalue weighted by atomic mass is 10.1. The predicted octanol–water partition coefficient (Wildman–Crippen LogP) is 0.954. The summed E-state index contributed by atoms with van der Waals surface area (Å²) in [6.07, 6.45) is 8.30. The van der Waals surface area contributed by atoms with Crippen LogP contribution in [0.1, 0.15) is 65.7 Å². The van der Waals surface area contributed by atoms with E-state index in [4.69, 9.17) is 4.74 Å². The molecule has 0 spiro atoms. The van der Waals surface area contributed by atoms with Gasteiger partial charge in [-0.05, 0) is 19.3 Å². The number of alkyl carbamates (subject to hydrolysis) is 1. The van der Waals surface area contributed by atoms with E-state index >= 15 is 0 Å². The van der Waals surface area contributed by atoms with Crippen molar-refractivity contribution in [1.82, 2.24) is 5.32 Å². The highest BCUT2D eigenvalue weighted by Crippen LogP contribution is 2.16. The molecule has 0 aromatic carbocycles. The van der Waals surface area contributed by atoms with Gasteiger partial charge in [-0.2, -0.15) is 0 Å². The molecular weight excluding hydrogens is 391 g/mol. The minimum atomic E-state index is -0.316. The normalized spacial score (nSPS) is 10.9. The summed E-state index contributed by atoms with van der Waals surface area (Å²) in [5, 5.41) is 2.50. The van der Waals surface area contributed by atoms with Crippen molar-refractivity contribution < 1.29 is 38.0 Å². The Balaban J connectivity index is 0. The molecule has 0 unspecified atom stereocenters. The van der Waals surface area contributed by atoms with Crippen LogP contribution in [0.5, 0.6) is 0 Å². The molecular formula is C17H37IN2O2. The number of carbonyl (C=O) groups is 1. The third kappa shape index (κ3) is 11.5. The number of nitrogens with one attached hydrogen (secondary N) is 1. The lowest BCUT2D eigenvalue weighted by molar-refractivity contribution is -0.929. The van der Waals surface area contributed by atoms with Crippen LogP contribution in [-0.4, -0.2) is 50.4 Å². The van der Waals surface area contributed by atoms with E-state index in [1.807, 2.05) is 0 Å². The molecule has 0 saturated heterocycles. The zero-order chi connectivity index (χ0) is 16.0. The zero-order valence-electron chi connectivity index (χ0n) is 15.1. The Morgan fingerprint density at radius 1 is 0.864 bits per heavy atom. The predicted molar refractivity (Wildman–Crippen MR) is 89.5 cm³/mol. The van der Waals surface area contributed by atoms with Crippen LogP contribution in [0.3, 0.4) is 0 Å². The third-order valence-electron chi connectivity index (χ3n) is 4.17. The topological polar surface area (TPSA) is 38.3 Å². The third-order valence-corrected chi connectivity index (χ3v) is 4.17. The molecule has 0 aromatic rings. The van der Waals surface area contributed by atoms with E-state index < -0.39 is 0 Å². The SMILES string of the molecule is CCCC[N+](CCCC)(CCCC)CCCOC(=O)NC.[I-]. The van der Waals surface area contributed by atoms with E-state index in [1.165, 1.54) is 62.6 Å². The van der Waals surface area contributed by atoms with Gasteiger partial charge in [0.25, 0.3) is 0 Å². The Bertz CT molecular complexity index is 241. The van der Waals surface area contributed by atoms with Crippen molar-refractivity contribution in [2.45, 2.75) is 65.7 Å². The lowest BCUT2D eigenvalue weighted by Crippen LogP contribution is -3.00. The molecule has 5 heteroatoms. The number of quaternary nitrogens is 1. The maximum atomic E-state index is 11.1. The second-order valence-corrected chi connectivity index (χ2v) is 6.04. The molecule has 1 N–H and O–H groups in total. The highest BCUT2D eigenvalue weighted by Gasteiger charge is 2.25. The first-order chi connectivity index (χ1) is 10.1. The van der Waals surface area contributed by atoms with Crippen molar-refractivity contribution >= 4 is 6.09 Å². The molecule has 134 valence electrons. The molecule has 22 heavy (non-hydrogen) atoms. The number of halogens is 1. The van der Waals surface area contributed by atoms with E-state index in [2.05, 4.69) is 26.1 Å².